The van der Waals surface area contributed by atoms with Crippen LogP contribution < -0.4 is 9.61 Å². The van der Waals surface area contributed by atoms with Gasteiger partial charge >= 0.3 is 10.5 Å². The van der Waals surface area contributed by atoms with Crippen LogP contribution in [-0.4, -0.2) is 18.0 Å². The Morgan fingerprint density at radius 1 is 1.11 bits per heavy atom. The van der Waals surface area contributed by atoms with Gasteiger partial charge in [0.2, 0.25) is 0 Å². The van der Waals surface area contributed by atoms with Crippen molar-refractivity contribution in [3.63, 3.8) is 0 Å². The lowest BCUT2D eigenvalue weighted by Gasteiger charge is -2.19. The topological polar surface area (TPSA) is 105 Å². The minimum Gasteiger partial charge on any atom is -0.358 e. The normalized spacial score (nSPS) is 14.0. The van der Waals surface area contributed by atoms with Crippen LogP contribution in [0.1, 0.15) is 49.8 Å². The smallest absolute Gasteiger partial charge is 0.358 e. The van der Waals surface area contributed by atoms with E-state index in [0.29, 0.717) is 27.5 Å². The predicted octanol–water partition coefficient (Wildman–Crippen LogP) is 6.23. The molecule has 1 saturated carbocycles. The van der Waals surface area contributed by atoms with E-state index in [1.807, 2.05) is 32.0 Å². The summed E-state index contributed by atoms with van der Waals surface area (Å²) >= 11 is 0. The van der Waals surface area contributed by atoms with Crippen LogP contribution in [0.25, 0.3) is 44.0 Å². The predicted molar refractivity (Wildman–Crippen MR) is 141 cm³/mol. The second-order valence-electron chi connectivity index (χ2n) is 9.77. The Morgan fingerprint density at radius 3 is 2.57 bits per heavy atom. The highest BCUT2D eigenvalue weighted by atomic mass is 32.3. The van der Waals surface area contributed by atoms with Gasteiger partial charge in [-0.1, -0.05) is 35.9 Å². The van der Waals surface area contributed by atoms with Crippen LogP contribution in [0.3, 0.4) is 0 Å². The van der Waals surface area contributed by atoms with Gasteiger partial charge in [0.15, 0.2) is 5.43 Å². The van der Waals surface area contributed by atoms with Crippen LogP contribution in [-0.2, 0) is 10.5 Å². The summed E-state index contributed by atoms with van der Waals surface area (Å²) in [6.45, 7) is 4.04. The monoisotopic (exact) mass is 515 g/mol. The highest BCUT2D eigenvalue weighted by Gasteiger charge is 2.29. The molecule has 6 rings (SSSR count). The minimum atomic E-state index is -5.16. The molecular weight excluding hydrogens is 493 g/mol. The first kappa shape index (κ1) is 23.3. The van der Waals surface area contributed by atoms with E-state index in [-0.39, 0.29) is 23.1 Å². The second kappa shape index (κ2) is 8.18. The van der Waals surface area contributed by atoms with Gasteiger partial charge in [0, 0.05) is 22.3 Å². The average Bonchev–Trinajstić information content (AvgIpc) is 3.61. The first-order valence-electron chi connectivity index (χ1n) is 12.0. The van der Waals surface area contributed by atoms with E-state index in [1.165, 1.54) is 12.1 Å². The molecule has 0 aliphatic heterocycles. The van der Waals surface area contributed by atoms with Crippen molar-refractivity contribution in [2.24, 2.45) is 0 Å². The Labute approximate surface area is 212 Å². The SMILES string of the molecule is CC(C)c1cc2c(=O)c3c4ccc(C#N)cc4[nH]c3n(C3CC3)c2cc1-c1cccc(OS(=O)(=O)F)c1. The van der Waals surface area contributed by atoms with Crippen LogP contribution in [0.2, 0.25) is 0 Å². The van der Waals surface area contributed by atoms with Crippen molar-refractivity contribution < 1.29 is 16.5 Å². The van der Waals surface area contributed by atoms with Gasteiger partial charge in [-0.05, 0) is 71.8 Å². The molecule has 0 spiro atoms. The highest BCUT2D eigenvalue weighted by Crippen LogP contribution is 2.42. The third-order valence-corrected chi connectivity index (χ3v) is 7.31. The summed E-state index contributed by atoms with van der Waals surface area (Å²) in [5.41, 5.74) is 4.99. The lowest BCUT2D eigenvalue weighted by Crippen LogP contribution is -2.11. The molecule has 1 aliphatic rings. The zero-order chi connectivity index (χ0) is 26.1. The fraction of sp³-hybridized carbons (Fsp3) is 0.214. The largest absolute Gasteiger partial charge is 0.488 e. The molecule has 0 saturated heterocycles. The molecule has 0 unspecified atom stereocenters. The quantitative estimate of drug-likeness (QED) is 0.280. The maximum Gasteiger partial charge on any atom is 0.488 e. The number of pyridine rings is 1. The third-order valence-electron chi connectivity index (χ3n) is 6.92. The summed E-state index contributed by atoms with van der Waals surface area (Å²) < 4.78 is 41.9. The number of rotatable bonds is 5. The zero-order valence-electron chi connectivity index (χ0n) is 20.1. The van der Waals surface area contributed by atoms with Gasteiger partial charge in [0.1, 0.15) is 11.4 Å². The number of H-pyrrole nitrogens is 1. The van der Waals surface area contributed by atoms with E-state index in [0.717, 1.165) is 40.4 Å². The first-order chi connectivity index (χ1) is 17.6. The van der Waals surface area contributed by atoms with Crippen LogP contribution in [0.15, 0.2) is 59.4 Å². The summed E-state index contributed by atoms with van der Waals surface area (Å²) in [5.74, 6) is -0.0896. The number of fused-ring (bicyclic) bond motifs is 4. The number of nitrogens with zero attached hydrogens (tertiary/aromatic N) is 2. The lowest BCUT2D eigenvalue weighted by atomic mass is 9.90. The first-order valence-corrected chi connectivity index (χ1v) is 13.3. The third kappa shape index (κ3) is 3.94. The van der Waals surface area contributed by atoms with Crippen LogP contribution >= 0.6 is 0 Å². The molecule has 0 bridgehead atoms. The van der Waals surface area contributed by atoms with Crippen molar-refractivity contribution in [3.05, 3.63) is 75.9 Å². The maximum absolute atomic E-state index is 13.9. The standard InChI is InChI=1S/C28H22FN3O4S/c1-15(2)21-12-23-25(13-22(21)17-4-3-5-19(11-17)36-37(29,34)35)32(18-7-8-18)28-26(27(23)33)20-9-6-16(14-30)10-24(20)31-28/h3-6,9-13,15,18,31H,7-8H2,1-2H3. The second-order valence-corrected chi connectivity index (χ2v) is 10.7. The molecule has 37 heavy (non-hydrogen) atoms. The zero-order valence-corrected chi connectivity index (χ0v) is 20.9. The maximum atomic E-state index is 13.9. The Bertz CT molecular complexity index is 1960. The van der Waals surface area contributed by atoms with Crippen molar-refractivity contribution >= 4 is 43.3 Å². The van der Waals surface area contributed by atoms with Crippen LogP contribution in [0, 0.1) is 11.3 Å². The Kier molecular flexibility index (Phi) is 5.14. The van der Waals surface area contributed by atoms with Crippen LogP contribution in [0.4, 0.5) is 3.89 Å². The van der Waals surface area contributed by atoms with E-state index < -0.39 is 10.5 Å². The summed E-state index contributed by atoms with van der Waals surface area (Å²) in [4.78, 5) is 17.3. The van der Waals surface area contributed by atoms with Crippen molar-refractivity contribution in [2.75, 3.05) is 0 Å². The van der Waals surface area contributed by atoms with E-state index in [9.17, 15) is 22.4 Å². The van der Waals surface area contributed by atoms with Crippen molar-refractivity contribution in [1.29, 1.82) is 5.26 Å². The molecule has 1 aliphatic carbocycles. The molecule has 0 atom stereocenters. The van der Waals surface area contributed by atoms with Crippen molar-refractivity contribution in [3.8, 4) is 22.9 Å². The van der Waals surface area contributed by atoms with Crippen molar-refractivity contribution in [1.82, 2.24) is 9.55 Å². The molecule has 2 heterocycles. The minimum absolute atomic E-state index is 0.0412. The van der Waals surface area contributed by atoms with E-state index in [2.05, 4.69) is 19.8 Å². The molecular formula is C28H22FN3O4S. The molecule has 0 amide bonds. The van der Waals surface area contributed by atoms with Gasteiger partial charge in [-0.3, -0.25) is 4.79 Å². The summed E-state index contributed by atoms with van der Waals surface area (Å²) in [7, 11) is -5.16. The molecule has 1 N–H and O–H groups in total. The number of aromatic nitrogens is 2. The van der Waals surface area contributed by atoms with Gasteiger partial charge in [0.25, 0.3) is 0 Å². The number of hydrogen-bond acceptors (Lipinski definition) is 5. The molecule has 7 nitrogen and oxygen atoms in total. The molecule has 2 aromatic heterocycles. The molecule has 0 radical (unpaired) electrons. The van der Waals surface area contributed by atoms with Gasteiger partial charge in [-0.15, -0.1) is 0 Å². The fourth-order valence-electron chi connectivity index (χ4n) is 5.17. The summed E-state index contributed by atoms with van der Waals surface area (Å²) in [6.07, 6.45) is 1.95. The Balaban J connectivity index is 1.70. The number of aromatic amines is 1. The van der Waals surface area contributed by atoms with Gasteiger partial charge in [-0.25, -0.2) is 0 Å². The molecule has 5 aromatic rings. The van der Waals surface area contributed by atoms with Crippen molar-refractivity contribution in [2.45, 2.75) is 38.6 Å². The van der Waals surface area contributed by atoms with E-state index in [4.69, 9.17) is 0 Å². The number of hydrogen-bond donors (Lipinski definition) is 1. The highest BCUT2D eigenvalue weighted by molar-refractivity contribution is 7.81. The molecule has 186 valence electrons. The van der Waals surface area contributed by atoms with Gasteiger partial charge in [0.05, 0.1) is 22.5 Å². The number of nitriles is 1. The average molecular weight is 516 g/mol. The number of benzene rings is 3. The summed E-state index contributed by atoms with van der Waals surface area (Å²) in [6, 6.07) is 17.8. The van der Waals surface area contributed by atoms with Crippen LogP contribution in [0.5, 0.6) is 5.75 Å². The van der Waals surface area contributed by atoms with E-state index >= 15 is 0 Å². The van der Waals surface area contributed by atoms with E-state index in [1.54, 1.807) is 24.3 Å². The lowest BCUT2D eigenvalue weighted by molar-refractivity contribution is 0.440. The molecule has 9 heteroatoms. The molecule has 1 fully saturated rings. The number of nitrogens with one attached hydrogen (secondary N) is 1. The Hall–Kier alpha value is -4.16. The Morgan fingerprint density at radius 2 is 1.89 bits per heavy atom. The molecule has 3 aromatic carbocycles. The van der Waals surface area contributed by atoms with Gasteiger partial charge < -0.3 is 13.7 Å². The fourth-order valence-corrected chi connectivity index (χ4v) is 5.51. The van der Waals surface area contributed by atoms with Gasteiger partial charge in [-0.2, -0.15) is 13.7 Å². The summed E-state index contributed by atoms with van der Waals surface area (Å²) in [5, 5.41) is 11.3. The number of halogens is 1.